The molecule has 0 radical (unpaired) electrons. The van der Waals surface area contributed by atoms with Crippen molar-refractivity contribution in [2.24, 2.45) is 28.2 Å². The Bertz CT molecular complexity index is 6570. The number of benzene rings is 4. The molecule has 0 aliphatic rings. The minimum absolute atomic E-state index is 0.0812. The highest BCUT2D eigenvalue weighted by Gasteiger charge is 2.29. The summed E-state index contributed by atoms with van der Waals surface area (Å²) in [5.74, 6) is -0.713. The molecule has 128 heavy (non-hydrogen) atoms. The number of ether oxygens (including phenoxy) is 4. The highest BCUT2D eigenvalue weighted by atomic mass is 32.2. The number of anilines is 8. The van der Waals surface area contributed by atoms with E-state index >= 15 is 0 Å². The Balaban J connectivity index is 0.000000193. The van der Waals surface area contributed by atoms with Gasteiger partial charge in [0.25, 0.3) is 0 Å². The van der Waals surface area contributed by atoms with Crippen LogP contribution in [-0.2, 0) is 87.2 Å². The van der Waals surface area contributed by atoms with Crippen LogP contribution in [0.25, 0.3) is 45.6 Å². The van der Waals surface area contributed by atoms with Crippen molar-refractivity contribution in [3.8, 4) is 45.6 Å². The summed E-state index contributed by atoms with van der Waals surface area (Å²) in [4.78, 5) is 67.2. The van der Waals surface area contributed by atoms with Gasteiger partial charge in [0.15, 0.2) is 64.4 Å². The lowest BCUT2D eigenvalue weighted by atomic mass is 10.1. The first-order valence-electron chi connectivity index (χ1n) is 37.8. The highest BCUT2D eigenvalue weighted by Crippen LogP contribution is 2.34. The molecule has 40 nitrogen and oxygen atoms in total. The largest absolute Gasteiger partial charge is 0.441 e. The molecule has 12 aromatic rings. The van der Waals surface area contributed by atoms with Gasteiger partial charge in [0.1, 0.15) is 37.8 Å². The van der Waals surface area contributed by atoms with E-state index in [-0.39, 0.29) is 57.0 Å². The fraction of sp³-hybridized carbons (Fsp3) is 0.291. The minimum Gasteiger partial charge on any atom is -0.441 e. The molecule has 0 fully saturated rings. The van der Waals surface area contributed by atoms with E-state index in [2.05, 4.69) is 101 Å². The first-order valence-corrected chi connectivity index (χ1v) is 45.4. The Morgan fingerprint density at radius 1 is 0.359 bits per heavy atom. The van der Waals surface area contributed by atoms with E-state index in [0.29, 0.717) is 79.6 Å². The number of carbonyl (C=O) groups excluding carboxylic acids is 4. The van der Waals surface area contributed by atoms with E-state index in [0.717, 1.165) is 47.8 Å². The Kier molecular flexibility index (Phi) is 32.1. The molecular weight excluding hydrogens is 1760 g/mol. The number of halogens is 5. The molecule has 0 unspecified atom stereocenters. The maximum Gasteiger partial charge on any atom is 0.413 e. The topological polar surface area (TPSA) is 512 Å². The summed E-state index contributed by atoms with van der Waals surface area (Å²) >= 11 is 0. The smallest absolute Gasteiger partial charge is 0.413 e. The predicted octanol–water partition coefficient (Wildman–Crippen LogP) is 12.5. The predicted molar refractivity (Wildman–Crippen MR) is 465 cm³/mol. The number of alkyl halides is 3. The Hall–Kier alpha value is -14.2. The monoisotopic (exact) mass is 1850 g/mol. The molecule has 8 heterocycles. The van der Waals surface area contributed by atoms with Crippen LogP contribution in [0.4, 0.5) is 87.2 Å². The van der Waals surface area contributed by atoms with Crippen molar-refractivity contribution in [2.45, 2.75) is 79.8 Å². The normalized spacial score (nSPS) is 12.3. The molecule has 8 aromatic heterocycles. The molecule has 0 bridgehead atoms. The van der Waals surface area contributed by atoms with E-state index < -0.39 is 121 Å². The second-order valence-electron chi connectivity index (χ2n) is 28.5. The second-order valence-corrected chi connectivity index (χ2v) is 35.5. The number of rotatable bonds is 27. The van der Waals surface area contributed by atoms with Gasteiger partial charge in [0.05, 0.1) is 93.3 Å². The molecule has 0 aliphatic heterocycles. The van der Waals surface area contributed by atoms with Crippen molar-refractivity contribution in [3.05, 3.63) is 213 Å². The van der Waals surface area contributed by atoms with Gasteiger partial charge in [0, 0.05) is 39.3 Å². The molecule has 0 spiro atoms. The molecule has 4 amide bonds. The molecule has 0 saturated carbocycles. The summed E-state index contributed by atoms with van der Waals surface area (Å²) < 4.78 is 196. The van der Waals surface area contributed by atoms with E-state index in [4.69, 9.17) is 18.9 Å². The zero-order chi connectivity index (χ0) is 94.0. The van der Waals surface area contributed by atoms with Crippen molar-refractivity contribution in [1.29, 1.82) is 0 Å². The fourth-order valence-corrected chi connectivity index (χ4v) is 14.4. The fourth-order valence-electron chi connectivity index (χ4n) is 11.9. The zero-order valence-electron chi connectivity index (χ0n) is 71.4. The van der Waals surface area contributed by atoms with E-state index in [1.54, 1.807) is 86.0 Å². The average Bonchev–Trinajstić information content (AvgIpc) is 1.66. The van der Waals surface area contributed by atoms with Gasteiger partial charge in [-0.2, -0.15) is 0 Å². The number of pyridine rings is 4. The summed E-state index contributed by atoms with van der Waals surface area (Å²) in [5.41, 5.74) is 8.99. The third kappa shape index (κ3) is 27.1. The average molecular weight is 1850 g/mol. The summed E-state index contributed by atoms with van der Waals surface area (Å²) in [7, 11) is -7.68. The lowest BCUT2D eigenvalue weighted by Gasteiger charge is -2.17. The highest BCUT2D eigenvalue weighted by molar-refractivity contribution is 7.92. The van der Waals surface area contributed by atoms with Crippen LogP contribution < -0.4 is 40.2 Å². The number of amides is 4. The number of hydrogen-bond acceptors (Lipinski definition) is 28. The minimum atomic E-state index is -3.49. The molecule has 0 aliphatic carbocycles. The molecule has 49 heteroatoms. The lowest BCUT2D eigenvalue weighted by Crippen LogP contribution is -2.21. The molecular formula is C79H89F5N24O16S4. The van der Waals surface area contributed by atoms with Gasteiger partial charge >= 0.3 is 24.4 Å². The molecule has 0 saturated heterocycles. The summed E-state index contributed by atoms with van der Waals surface area (Å²) in [5, 5.41) is 41.6. The first kappa shape index (κ1) is 97.6. The number of sulfonamides is 4. The van der Waals surface area contributed by atoms with Crippen molar-refractivity contribution < 1.29 is 93.7 Å². The van der Waals surface area contributed by atoms with Crippen molar-refractivity contribution in [3.63, 3.8) is 0 Å². The van der Waals surface area contributed by atoms with Crippen LogP contribution in [0.1, 0.15) is 93.1 Å². The number of nitrogens with zero attached hydrogens (tertiary/aromatic N) is 16. The number of nitrogens with one attached hydrogen (secondary N) is 8. The summed E-state index contributed by atoms with van der Waals surface area (Å²) in [6.45, 7) is 10.7. The molecule has 8 N–H and O–H groups in total. The van der Waals surface area contributed by atoms with Gasteiger partial charge < -0.3 is 18.9 Å². The Morgan fingerprint density at radius 2 is 0.664 bits per heavy atom. The maximum atomic E-state index is 14.1. The lowest BCUT2D eigenvalue weighted by molar-refractivity contribution is 0.0901. The molecule has 12 rings (SSSR count). The quantitative estimate of drug-likeness (QED) is 0.0175. The van der Waals surface area contributed by atoms with Crippen LogP contribution in [-0.4, -0.2) is 183 Å². The van der Waals surface area contributed by atoms with Crippen LogP contribution in [0.2, 0.25) is 0 Å². The van der Waals surface area contributed by atoms with E-state index in [9.17, 15) is 74.8 Å². The number of carbonyl (C=O) groups is 4. The molecule has 4 aromatic carbocycles. The van der Waals surface area contributed by atoms with Gasteiger partial charge in [0.2, 0.25) is 40.1 Å². The zero-order valence-corrected chi connectivity index (χ0v) is 74.7. The Labute approximate surface area is 731 Å². The standard InChI is InChI=1S/C20H22F2N6O4S.C20H23FN6O4S.C20H24N6O4S.C19H20F2N6O4S/c1-11-5-6-14(22)13(9-11)17(10-21)32-20(29)24-19-18(25-27-28(19)3)16-8-7-15(12(2)23-16)26-33(4,30)31;1-12-6-5-7-14(10-12)17(11-21)31-20(28)23-19-18(24-26-27(19)3)16-9-8-15(13(2)22-16)25-32(4,29)30;1-12-8-6-7-9-15(12)14(3)30-20(27)22-19-18(23-25-26(19)4)17-11-10-16(13(2)21-17)24-31(5,28)29;1-11-14(25-32(3,29)30)8-9-15(22-11)17-18(27(2)26-24-17)23-19(28)31-16(10-20)12-6-4-5-7-13(12)21/h5-9,17,26H,10H2,1-4H3,(H,24,29);5-10,17,25H,11H2,1-4H3,(H,23,28);6-11,14,24H,1-5H3,(H,22,27);4-9,16,25H,10H2,1-3H3,(H,23,28)/t2*17-;14-;16-/m1111/s1. The third-order valence-corrected chi connectivity index (χ3v) is 20.3. The van der Waals surface area contributed by atoms with E-state index in [1.165, 1.54) is 106 Å². The summed E-state index contributed by atoms with van der Waals surface area (Å²) in [6, 6.07) is 36.4. The van der Waals surface area contributed by atoms with Crippen LogP contribution in [0, 0.1) is 60.1 Å². The van der Waals surface area contributed by atoms with E-state index in [1.807, 2.05) is 44.2 Å². The van der Waals surface area contributed by atoms with Gasteiger partial charge in [-0.25, -0.2) is 113 Å². The van der Waals surface area contributed by atoms with Crippen molar-refractivity contribution >= 4 is 110 Å². The van der Waals surface area contributed by atoms with Crippen LogP contribution in [0.5, 0.6) is 0 Å². The van der Waals surface area contributed by atoms with Crippen molar-refractivity contribution in [1.82, 2.24) is 79.9 Å². The van der Waals surface area contributed by atoms with Crippen LogP contribution in [0.15, 0.2) is 140 Å². The van der Waals surface area contributed by atoms with Gasteiger partial charge in [-0.15, -0.1) is 20.4 Å². The third-order valence-electron chi connectivity index (χ3n) is 17.9. The van der Waals surface area contributed by atoms with Gasteiger partial charge in [-0.05, 0) is 139 Å². The second kappa shape index (κ2) is 42.2. The number of hydrogen-bond donors (Lipinski definition) is 8. The first-order chi connectivity index (χ1) is 60.2. The van der Waals surface area contributed by atoms with Crippen molar-refractivity contribution in [2.75, 3.05) is 85.2 Å². The maximum absolute atomic E-state index is 14.1. The number of aromatic nitrogens is 16. The Morgan fingerprint density at radius 3 is 0.984 bits per heavy atom. The van der Waals surface area contributed by atoms with Gasteiger partial charge in [-0.3, -0.25) is 40.2 Å². The SMILES string of the molecule is Cc1ccc(F)c([C@@H](CF)OC(=O)Nc2c(-c3ccc(NS(C)(=O)=O)c(C)n3)nnn2C)c1.Cc1cccc([C@@H](CF)OC(=O)Nc2c(-c3ccc(NS(C)(=O)=O)c(C)n3)nnn2C)c1.Cc1ccccc1[C@@H](C)OC(=O)Nc1c(-c2ccc(NS(C)(=O)=O)c(C)n2)nnn1C.Cc1nc(-c2nnn(C)c2NC(=O)O[C@H](CF)c2ccccc2F)ccc1NS(C)(=O)=O. The number of aryl methyl sites for hydroxylation is 11. The summed E-state index contributed by atoms with van der Waals surface area (Å²) in [6.07, 6.45) is -3.90. The van der Waals surface area contributed by atoms with Crippen LogP contribution in [0.3, 0.4) is 0 Å². The van der Waals surface area contributed by atoms with Crippen LogP contribution >= 0.6 is 0 Å². The van der Waals surface area contributed by atoms with Gasteiger partial charge in [-0.1, -0.05) is 105 Å². The molecule has 680 valence electrons. The molecule has 4 atom stereocenters.